The largest absolute Gasteiger partial charge is 0.359 e. The van der Waals surface area contributed by atoms with Gasteiger partial charge < -0.3 is 20.2 Å². The first-order valence-corrected chi connectivity index (χ1v) is 10.4. The summed E-state index contributed by atoms with van der Waals surface area (Å²) in [6.45, 7) is 0. The molecular weight excluding hydrogens is 406 g/mol. The molecule has 1 fully saturated rings. The van der Waals surface area contributed by atoms with Crippen molar-refractivity contribution in [3.8, 4) is 11.1 Å². The van der Waals surface area contributed by atoms with E-state index in [2.05, 4.69) is 20.6 Å². The Morgan fingerprint density at radius 3 is 2.78 bits per heavy atom. The second-order valence-corrected chi connectivity index (χ2v) is 7.92. The predicted octanol–water partition coefficient (Wildman–Crippen LogP) is 3.53. The number of carbonyl (C=O) groups is 2. The minimum absolute atomic E-state index is 0.00521. The molecule has 0 aliphatic heterocycles. The summed E-state index contributed by atoms with van der Waals surface area (Å²) in [5.74, 6) is 0.147. The molecule has 3 aromatic heterocycles. The summed E-state index contributed by atoms with van der Waals surface area (Å²) in [5, 5.41) is 6.61. The Morgan fingerprint density at radius 1 is 1.12 bits per heavy atom. The van der Waals surface area contributed by atoms with Crippen LogP contribution in [0.1, 0.15) is 23.2 Å². The highest BCUT2D eigenvalue weighted by atomic mass is 16.2. The van der Waals surface area contributed by atoms with Gasteiger partial charge in [-0.2, -0.15) is 0 Å². The van der Waals surface area contributed by atoms with Crippen LogP contribution in [0, 0.1) is 5.92 Å². The van der Waals surface area contributed by atoms with E-state index in [1.807, 2.05) is 30.5 Å². The number of benzene rings is 1. The van der Waals surface area contributed by atoms with Gasteiger partial charge in [0, 0.05) is 42.5 Å². The van der Waals surface area contributed by atoms with Gasteiger partial charge in [0.25, 0.3) is 11.5 Å². The molecule has 32 heavy (non-hydrogen) atoms. The molecule has 3 heterocycles. The van der Waals surface area contributed by atoms with Crippen molar-refractivity contribution in [3.05, 3.63) is 77.0 Å². The van der Waals surface area contributed by atoms with E-state index >= 15 is 0 Å². The fourth-order valence-electron chi connectivity index (χ4n) is 3.70. The van der Waals surface area contributed by atoms with Crippen molar-refractivity contribution >= 4 is 34.2 Å². The van der Waals surface area contributed by atoms with Crippen molar-refractivity contribution in [2.45, 2.75) is 12.8 Å². The highest BCUT2D eigenvalue weighted by molar-refractivity contribution is 6.10. The zero-order valence-electron chi connectivity index (χ0n) is 17.4. The van der Waals surface area contributed by atoms with E-state index in [9.17, 15) is 14.4 Å². The highest BCUT2D eigenvalue weighted by Gasteiger charge is 2.29. The van der Waals surface area contributed by atoms with Gasteiger partial charge in [-0.05, 0) is 48.7 Å². The average Bonchev–Trinajstić information content (AvgIpc) is 3.55. The second kappa shape index (κ2) is 7.81. The molecule has 0 radical (unpaired) electrons. The minimum atomic E-state index is -0.469. The number of aryl methyl sites for hydroxylation is 1. The summed E-state index contributed by atoms with van der Waals surface area (Å²) >= 11 is 0. The van der Waals surface area contributed by atoms with E-state index < -0.39 is 5.91 Å². The van der Waals surface area contributed by atoms with Gasteiger partial charge in [0.1, 0.15) is 11.4 Å². The third kappa shape index (κ3) is 3.66. The molecule has 5 rings (SSSR count). The second-order valence-electron chi connectivity index (χ2n) is 7.92. The average molecular weight is 427 g/mol. The van der Waals surface area contributed by atoms with Crippen LogP contribution in [0.15, 0.2) is 65.8 Å². The van der Waals surface area contributed by atoms with Crippen molar-refractivity contribution in [2.75, 3.05) is 10.6 Å². The predicted molar refractivity (Wildman–Crippen MR) is 123 cm³/mol. The Labute approximate surface area is 183 Å². The van der Waals surface area contributed by atoms with Gasteiger partial charge in [-0.1, -0.05) is 12.1 Å². The maximum absolute atomic E-state index is 12.7. The summed E-state index contributed by atoms with van der Waals surface area (Å²) in [7, 11) is 1.60. The standard InChI is InChI=1S/C24H21N5O3/c1-29-11-3-5-17(24(29)32)23(31)27-19-6-2-4-16-18(13-26-21(16)19)15-9-10-25-20(12-15)28-22(30)14-7-8-14/h2-6,9-14,26H,7-8H2,1H3,(H,27,31)(H,25,28,30). The zero-order valence-corrected chi connectivity index (χ0v) is 17.4. The molecule has 1 aliphatic rings. The number of H-pyrrole nitrogens is 1. The van der Waals surface area contributed by atoms with Crippen LogP contribution in [0.5, 0.6) is 0 Å². The third-order valence-electron chi connectivity index (χ3n) is 5.60. The van der Waals surface area contributed by atoms with Crippen LogP contribution in [0.2, 0.25) is 0 Å². The molecule has 4 aromatic rings. The number of hydrogen-bond donors (Lipinski definition) is 3. The van der Waals surface area contributed by atoms with Crippen LogP contribution in [-0.4, -0.2) is 26.3 Å². The Morgan fingerprint density at radius 2 is 1.97 bits per heavy atom. The highest BCUT2D eigenvalue weighted by Crippen LogP contribution is 2.34. The molecule has 0 atom stereocenters. The molecule has 0 saturated heterocycles. The van der Waals surface area contributed by atoms with Crippen molar-refractivity contribution < 1.29 is 9.59 Å². The SMILES string of the molecule is Cn1cccc(C(=O)Nc2cccc3c(-c4ccnc(NC(=O)C5CC5)c4)c[nH]c23)c1=O. The molecule has 2 amide bonds. The van der Waals surface area contributed by atoms with E-state index in [4.69, 9.17) is 0 Å². The fraction of sp³-hybridized carbons (Fsp3) is 0.167. The van der Waals surface area contributed by atoms with Crippen molar-refractivity contribution in [3.63, 3.8) is 0 Å². The number of nitrogens with zero attached hydrogens (tertiary/aromatic N) is 2. The molecule has 1 aromatic carbocycles. The molecule has 0 spiro atoms. The monoisotopic (exact) mass is 427 g/mol. The number of nitrogens with one attached hydrogen (secondary N) is 3. The summed E-state index contributed by atoms with van der Waals surface area (Å²) in [6, 6.07) is 12.4. The summed E-state index contributed by atoms with van der Waals surface area (Å²) < 4.78 is 1.37. The molecule has 3 N–H and O–H groups in total. The summed E-state index contributed by atoms with van der Waals surface area (Å²) in [5.41, 5.74) is 2.82. The molecule has 1 aliphatic carbocycles. The zero-order chi connectivity index (χ0) is 22.2. The van der Waals surface area contributed by atoms with Crippen LogP contribution >= 0.6 is 0 Å². The van der Waals surface area contributed by atoms with Gasteiger partial charge in [-0.15, -0.1) is 0 Å². The Balaban J connectivity index is 1.46. The van der Waals surface area contributed by atoms with Crippen molar-refractivity contribution in [1.82, 2.24) is 14.5 Å². The molecule has 1 saturated carbocycles. The maximum atomic E-state index is 12.7. The van der Waals surface area contributed by atoms with Gasteiger partial charge in [0.05, 0.1) is 11.2 Å². The maximum Gasteiger partial charge on any atom is 0.263 e. The number of pyridine rings is 2. The number of anilines is 2. The van der Waals surface area contributed by atoms with Gasteiger partial charge in [0.2, 0.25) is 5.91 Å². The molecule has 8 nitrogen and oxygen atoms in total. The van der Waals surface area contributed by atoms with Crippen molar-refractivity contribution in [2.24, 2.45) is 13.0 Å². The van der Waals surface area contributed by atoms with E-state index in [-0.39, 0.29) is 22.9 Å². The van der Waals surface area contributed by atoms with E-state index in [1.54, 1.807) is 31.6 Å². The van der Waals surface area contributed by atoms with Gasteiger partial charge in [0.15, 0.2) is 0 Å². The smallest absolute Gasteiger partial charge is 0.263 e. The van der Waals surface area contributed by atoms with E-state index in [0.29, 0.717) is 11.5 Å². The summed E-state index contributed by atoms with van der Waals surface area (Å²) in [6.07, 6.45) is 6.97. The number of aromatic nitrogens is 3. The molecule has 0 unspecified atom stereocenters. The Hall–Kier alpha value is -4.20. The lowest BCUT2D eigenvalue weighted by atomic mass is 10.1. The number of para-hydroxylation sites is 1. The lowest BCUT2D eigenvalue weighted by Gasteiger charge is -2.08. The van der Waals surface area contributed by atoms with Crippen LogP contribution < -0.4 is 16.2 Å². The van der Waals surface area contributed by atoms with Gasteiger partial charge >= 0.3 is 0 Å². The van der Waals surface area contributed by atoms with Crippen LogP contribution in [0.4, 0.5) is 11.5 Å². The van der Waals surface area contributed by atoms with Gasteiger partial charge in [-0.3, -0.25) is 14.4 Å². The first kappa shape index (κ1) is 19.7. The normalized spacial score (nSPS) is 13.2. The first-order valence-electron chi connectivity index (χ1n) is 10.4. The number of aromatic amines is 1. The minimum Gasteiger partial charge on any atom is -0.359 e. The van der Waals surface area contributed by atoms with Crippen LogP contribution in [0.25, 0.3) is 22.0 Å². The molecular formula is C24H21N5O3. The van der Waals surface area contributed by atoms with Crippen LogP contribution in [0.3, 0.4) is 0 Å². The Bertz CT molecular complexity index is 1410. The van der Waals surface area contributed by atoms with Crippen LogP contribution in [-0.2, 0) is 11.8 Å². The number of carbonyl (C=O) groups excluding carboxylic acids is 2. The Kier molecular flexibility index (Phi) is 4.82. The quantitative estimate of drug-likeness (QED) is 0.453. The van der Waals surface area contributed by atoms with E-state index in [1.165, 1.54) is 10.6 Å². The van der Waals surface area contributed by atoms with Crippen molar-refractivity contribution in [1.29, 1.82) is 0 Å². The fourth-order valence-corrected chi connectivity index (χ4v) is 3.70. The lowest BCUT2D eigenvalue weighted by Crippen LogP contribution is -2.27. The number of hydrogen-bond acceptors (Lipinski definition) is 4. The first-order chi connectivity index (χ1) is 15.5. The number of amides is 2. The summed E-state index contributed by atoms with van der Waals surface area (Å²) in [4.78, 5) is 44.5. The van der Waals surface area contributed by atoms with E-state index in [0.717, 1.165) is 34.9 Å². The number of rotatable bonds is 5. The topological polar surface area (TPSA) is 109 Å². The number of fused-ring (bicyclic) bond motifs is 1. The lowest BCUT2D eigenvalue weighted by molar-refractivity contribution is -0.117. The molecule has 8 heteroatoms. The molecule has 0 bridgehead atoms. The molecule has 160 valence electrons. The van der Waals surface area contributed by atoms with Gasteiger partial charge in [-0.25, -0.2) is 4.98 Å². The third-order valence-corrected chi connectivity index (χ3v) is 5.60.